The van der Waals surface area contributed by atoms with Gasteiger partial charge in [0.1, 0.15) is 11.3 Å². The molecule has 3 aromatic rings. The Bertz CT molecular complexity index is 1210. The van der Waals surface area contributed by atoms with Crippen LogP contribution in [0.4, 0.5) is 5.13 Å². The molecule has 0 unspecified atom stereocenters. The maximum atomic E-state index is 13.4. The summed E-state index contributed by atoms with van der Waals surface area (Å²) >= 11 is 7.70. The van der Waals surface area contributed by atoms with E-state index in [-0.39, 0.29) is 16.6 Å². The lowest BCUT2D eigenvalue weighted by Crippen LogP contribution is -2.33. The number of carbonyl (C=O) groups is 1. The zero-order valence-electron chi connectivity index (χ0n) is 18.5. The molecule has 1 amide bonds. The molecule has 3 rings (SSSR count). The molecular formula is C22H26ClN3O4S2. The van der Waals surface area contributed by atoms with E-state index in [1.54, 1.807) is 43.2 Å². The van der Waals surface area contributed by atoms with Crippen LogP contribution in [0, 0.1) is 0 Å². The summed E-state index contributed by atoms with van der Waals surface area (Å²) in [5.41, 5.74) is 0.997. The molecular weight excluding hydrogens is 470 g/mol. The predicted molar refractivity (Wildman–Crippen MR) is 130 cm³/mol. The second-order valence-corrected chi connectivity index (χ2v) is 11.1. The number of rotatable bonds is 9. The van der Waals surface area contributed by atoms with Gasteiger partial charge in [0, 0.05) is 12.1 Å². The molecule has 0 radical (unpaired) electrons. The van der Waals surface area contributed by atoms with Crippen molar-refractivity contribution < 1.29 is 17.9 Å². The topological polar surface area (TPSA) is 79.8 Å². The van der Waals surface area contributed by atoms with Crippen LogP contribution in [-0.4, -0.2) is 64.3 Å². The van der Waals surface area contributed by atoms with E-state index in [2.05, 4.69) is 4.98 Å². The highest BCUT2D eigenvalue weighted by Crippen LogP contribution is 2.39. The van der Waals surface area contributed by atoms with Gasteiger partial charge in [0.15, 0.2) is 15.0 Å². The third kappa shape index (κ3) is 5.23. The van der Waals surface area contributed by atoms with E-state index in [1.165, 1.54) is 23.5 Å². The number of halogens is 1. The molecule has 10 heteroatoms. The van der Waals surface area contributed by atoms with Crippen molar-refractivity contribution in [1.82, 2.24) is 9.88 Å². The van der Waals surface area contributed by atoms with Crippen LogP contribution >= 0.6 is 22.9 Å². The standard InChI is InChI=1S/C22H26ClN3O4S2/c1-5-32(28,29)16-9-7-15(8-10-16)21(27)26(14-6-13-25(2)3)22-24-19-18(30-4)12-11-17(23)20(19)31-22/h7-12H,5-6,13-14H2,1-4H3. The fraction of sp³-hybridized carbons (Fsp3) is 0.364. The number of thiazole rings is 1. The van der Waals surface area contributed by atoms with Crippen molar-refractivity contribution in [3.8, 4) is 5.75 Å². The summed E-state index contributed by atoms with van der Waals surface area (Å²) in [5, 5.41) is 1.06. The smallest absolute Gasteiger partial charge is 0.260 e. The minimum absolute atomic E-state index is 0.00521. The summed E-state index contributed by atoms with van der Waals surface area (Å²) in [6.45, 7) is 2.84. The van der Waals surface area contributed by atoms with Crippen molar-refractivity contribution in [3.05, 3.63) is 47.0 Å². The first kappa shape index (κ1) is 24.4. The van der Waals surface area contributed by atoms with Crippen LogP contribution in [0.5, 0.6) is 5.75 Å². The second-order valence-electron chi connectivity index (χ2n) is 7.47. The molecule has 0 saturated heterocycles. The van der Waals surface area contributed by atoms with E-state index in [1.807, 2.05) is 19.0 Å². The Morgan fingerprint density at radius 2 is 1.81 bits per heavy atom. The van der Waals surface area contributed by atoms with Gasteiger partial charge in [-0.25, -0.2) is 13.4 Å². The van der Waals surface area contributed by atoms with Crippen molar-refractivity contribution in [3.63, 3.8) is 0 Å². The molecule has 1 heterocycles. The van der Waals surface area contributed by atoms with Crippen molar-refractivity contribution in [2.75, 3.05) is 44.9 Å². The lowest BCUT2D eigenvalue weighted by atomic mass is 10.2. The summed E-state index contributed by atoms with van der Waals surface area (Å²) in [4.78, 5) is 22.0. The van der Waals surface area contributed by atoms with E-state index >= 15 is 0 Å². The summed E-state index contributed by atoms with van der Waals surface area (Å²) in [5.74, 6) is 0.339. The van der Waals surface area contributed by atoms with Crippen LogP contribution in [0.2, 0.25) is 5.02 Å². The number of amides is 1. The highest BCUT2D eigenvalue weighted by Gasteiger charge is 2.23. The predicted octanol–water partition coefficient (Wildman–Crippen LogP) is 4.35. The molecule has 0 fully saturated rings. The Morgan fingerprint density at radius 3 is 2.41 bits per heavy atom. The minimum atomic E-state index is -3.34. The van der Waals surface area contributed by atoms with Gasteiger partial charge in [-0.2, -0.15) is 0 Å². The molecule has 0 aliphatic carbocycles. The maximum Gasteiger partial charge on any atom is 0.260 e. The SMILES string of the molecule is CCS(=O)(=O)c1ccc(C(=O)N(CCCN(C)C)c2nc3c(OC)ccc(Cl)c3s2)cc1. The normalized spacial score (nSPS) is 11.8. The third-order valence-corrected chi connectivity index (χ3v) is 8.26. The van der Waals surface area contributed by atoms with Crippen LogP contribution in [0.3, 0.4) is 0 Å². The quantitative estimate of drug-likeness (QED) is 0.439. The number of ether oxygens (including phenoxy) is 1. The number of hydrogen-bond acceptors (Lipinski definition) is 7. The Balaban J connectivity index is 2.00. The largest absolute Gasteiger partial charge is 0.494 e. The average molecular weight is 496 g/mol. The van der Waals surface area contributed by atoms with Gasteiger partial charge in [-0.15, -0.1) is 0 Å². The fourth-order valence-electron chi connectivity index (χ4n) is 3.18. The monoisotopic (exact) mass is 495 g/mol. The first-order valence-electron chi connectivity index (χ1n) is 10.1. The molecule has 0 N–H and O–H groups in total. The summed E-state index contributed by atoms with van der Waals surface area (Å²) in [6, 6.07) is 9.54. The third-order valence-electron chi connectivity index (χ3n) is 4.97. The number of aromatic nitrogens is 1. The molecule has 0 spiro atoms. The number of anilines is 1. The molecule has 2 aromatic carbocycles. The number of fused-ring (bicyclic) bond motifs is 1. The van der Waals surface area contributed by atoms with Gasteiger partial charge in [-0.1, -0.05) is 29.9 Å². The summed E-state index contributed by atoms with van der Waals surface area (Å²) in [7, 11) is 2.17. The van der Waals surface area contributed by atoms with Gasteiger partial charge >= 0.3 is 0 Å². The molecule has 0 saturated carbocycles. The van der Waals surface area contributed by atoms with Crippen molar-refractivity contribution in [1.29, 1.82) is 0 Å². The molecule has 172 valence electrons. The van der Waals surface area contributed by atoms with Crippen LogP contribution in [0.15, 0.2) is 41.3 Å². The average Bonchev–Trinajstić information content (AvgIpc) is 3.22. The number of sulfone groups is 1. The molecule has 0 aliphatic rings. The van der Waals surface area contributed by atoms with E-state index in [9.17, 15) is 13.2 Å². The van der Waals surface area contributed by atoms with E-state index in [0.29, 0.717) is 33.5 Å². The van der Waals surface area contributed by atoms with Crippen LogP contribution < -0.4 is 9.64 Å². The van der Waals surface area contributed by atoms with E-state index < -0.39 is 9.84 Å². The summed E-state index contributed by atoms with van der Waals surface area (Å²) in [6.07, 6.45) is 0.738. The number of hydrogen-bond donors (Lipinski definition) is 0. The minimum Gasteiger partial charge on any atom is -0.494 e. The number of benzene rings is 2. The molecule has 7 nitrogen and oxygen atoms in total. The number of nitrogens with zero attached hydrogens (tertiary/aromatic N) is 3. The fourth-order valence-corrected chi connectivity index (χ4v) is 5.34. The molecule has 0 aliphatic heterocycles. The van der Waals surface area contributed by atoms with Gasteiger partial charge in [0.05, 0.1) is 27.5 Å². The van der Waals surface area contributed by atoms with Gasteiger partial charge in [-0.05, 0) is 63.5 Å². The highest BCUT2D eigenvalue weighted by molar-refractivity contribution is 7.91. The zero-order valence-corrected chi connectivity index (χ0v) is 20.9. The molecule has 32 heavy (non-hydrogen) atoms. The van der Waals surface area contributed by atoms with Crippen LogP contribution in [0.1, 0.15) is 23.7 Å². The van der Waals surface area contributed by atoms with Crippen molar-refractivity contribution in [2.24, 2.45) is 0 Å². The lowest BCUT2D eigenvalue weighted by molar-refractivity contribution is 0.0986. The summed E-state index contributed by atoms with van der Waals surface area (Å²) < 4.78 is 30.4. The van der Waals surface area contributed by atoms with Gasteiger partial charge in [0.2, 0.25) is 0 Å². The highest BCUT2D eigenvalue weighted by atomic mass is 35.5. The van der Waals surface area contributed by atoms with Crippen LogP contribution in [-0.2, 0) is 9.84 Å². The first-order valence-corrected chi connectivity index (χ1v) is 12.9. The van der Waals surface area contributed by atoms with Crippen molar-refractivity contribution in [2.45, 2.75) is 18.2 Å². The first-order chi connectivity index (χ1) is 15.2. The number of carbonyl (C=O) groups excluding carboxylic acids is 1. The Labute approximate surface area is 197 Å². The van der Waals surface area contributed by atoms with E-state index in [4.69, 9.17) is 16.3 Å². The maximum absolute atomic E-state index is 13.4. The second kappa shape index (κ2) is 10.2. The Hall–Kier alpha value is -2.20. The van der Waals surface area contributed by atoms with Gasteiger partial charge in [-0.3, -0.25) is 9.69 Å². The van der Waals surface area contributed by atoms with Gasteiger partial charge < -0.3 is 9.64 Å². The Kier molecular flexibility index (Phi) is 7.76. The number of methoxy groups -OCH3 is 1. The van der Waals surface area contributed by atoms with Crippen molar-refractivity contribution >= 4 is 54.0 Å². The van der Waals surface area contributed by atoms with Gasteiger partial charge in [0.25, 0.3) is 5.91 Å². The molecule has 0 atom stereocenters. The molecule has 1 aromatic heterocycles. The molecule has 0 bridgehead atoms. The Morgan fingerprint density at radius 1 is 1.12 bits per heavy atom. The zero-order chi connectivity index (χ0) is 23.5. The van der Waals surface area contributed by atoms with Crippen LogP contribution in [0.25, 0.3) is 10.2 Å². The van der Waals surface area contributed by atoms with E-state index in [0.717, 1.165) is 17.7 Å². The lowest BCUT2D eigenvalue weighted by Gasteiger charge is -2.21.